The summed E-state index contributed by atoms with van der Waals surface area (Å²) in [4.78, 5) is 0.0435. The zero-order valence-corrected chi connectivity index (χ0v) is 10.4. The highest BCUT2D eigenvalue weighted by Gasteiger charge is 2.13. The van der Waals surface area contributed by atoms with Gasteiger partial charge in [-0.15, -0.1) is 0 Å². The van der Waals surface area contributed by atoms with Crippen molar-refractivity contribution in [1.29, 1.82) is 0 Å². The van der Waals surface area contributed by atoms with E-state index < -0.39 is 10.0 Å². The lowest BCUT2D eigenvalue weighted by Gasteiger charge is -2.06. The summed E-state index contributed by atoms with van der Waals surface area (Å²) in [6, 6.07) is 9.06. The van der Waals surface area contributed by atoms with Crippen LogP contribution in [0.5, 0.6) is 5.75 Å². The van der Waals surface area contributed by atoms with Crippen molar-refractivity contribution in [2.45, 2.75) is 11.3 Å². The molecule has 5 nitrogen and oxygen atoms in total. The first-order chi connectivity index (χ1) is 8.58. The molecule has 0 aliphatic heterocycles. The molecule has 1 aromatic carbocycles. The first kappa shape index (κ1) is 12.7. The lowest BCUT2D eigenvalue weighted by molar-refractivity contribution is 0.473. The fourth-order valence-electron chi connectivity index (χ4n) is 1.50. The normalized spacial score (nSPS) is 11.6. The maximum absolute atomic E-state index is 11.9. The Kier molecular flexibility index (Phi) is 3.69. The summed E-state index contributed by atoms with van der Waals surface area (Å²) in [6.07, 6.45) is 2.02. The molecule has 2 rings (SSSR count). The minimum Gasteiger partial charge on any atom is -0.508 e. The summed E-state index contributed by atoms with van der Waals surface area (Å²) in [5, 5.41) is 9.24. The largest absolute Gasteiger partial charge is 0.508 e. The van der Waals surface area contributed by atoms with Crippen LogP contribution in [-0.4, -0.2) is 20.1 Å². The third-order valence-electron chi connectivity index (χ3n) is 2.37. The molecule has 6 heteroatoms. The number of phenolic OH excluding ortho intramolecular Hbond substituents is 1. The first-order valence-electron chi connectivity index (χ1n) is 5.39. The molecule has 1 heterocycles. The van der Waals surface area contributed by atoms with E-state index in [0.717, 1.165) is 0 Å². The second-order valence-electron chi connectivity index (χ2n) is 3.72. The molecule has 0 saturated heterocycles. The number of furan rings is 1. The number of nitrogens with one attached hydrogen (secondary N) is 1. The van der Waals surface area contributed by atoms with Gasteiger partial charge in [-0.1, -0.05) is 6.07 Å². The van der Waals surface area contributed by atoms with Crippen molar-refractivity contribution in [2.75, 3.05) is 6.54 Å². The van der Waals surface area contributed by atoms with E-state index in [9.17, 15) is 13.5 Å². The van der Waals surface area contributed by atoms with Crippen molar-refractivity contribution < 1.29 is 17.9 Å². The Morgan fingerprint density at radius 3 is 2.72 bits per heavy atom. The van der Waals surface area contributed by atoms with Gasteiger partial charge in [0.2, 0.25) is 10.0 Å². The highest BCUT2D eigenvalue weighted by Crippen LogP contribution is 2.15. The van der Waals surface area contributed by atoms with Gasteiger partial charge < -0.3 is 9.52 Å². The van der Waals surface area contributed by atoms with Gasteiger partial charge in [0.25, 0.3) is 0 Å². The van der Waals surface area contributed by atoms with Crippen LogP contribution in [0.15, 0.2) is 52.0 Å². The number of aromatic hydroxyl groups is 1. The van der Waals surface area contributed by atoms with Gasteiger partial charge in [0.05, 0.1) is 11.2 Å². The number of hydrogen-bond donors (Lipinski definition) is 2. The van der Waals surface area contributed by atoms with Gasteiger partial charge in [-0.25, -0.2) is 13.1 Å². The van der Waals surface area contributed by atoms with Crippen molar-refractivity contribution in [1.82, 2.24) is 4.72 Å². The third-order valence-corrected chi connectivity index (χ3v) is 3.83. The Balaban J connectivity index is 1.99. The van der Waals surface area contributed by atoms with Crippen LogP contribution in [0.3, 0.4) is 0 Å². The van der Waals surface area contributed by atoms with Crippen LogP contribution in [0, 0.1) is 0 Å². The van der Waals surface area contributed by atoms with Crippen LogP contribution >= 0.6 is 0 Å². The lowest BCUT2D eigenvalue weighted by Crippen LogP contribution is -2.25. The average Bonchev–Trinajstić information content (AvgIpc) is 2.82. The standard InChI is InChI=1S/C12H13NO4S/c14-10-3-1-5-12(9-10)18(15,16)13-7-6-11-4-2-8-17-11/h1-5,8-9,13-14H,6-7H2. The number of rotatable bonds is 5. The van der Waals surface area contributed by atoms with Crippen molar-refractivity contribution in [2.24, 2.45) is 0 Å². The number of phenols is 1. The third kappa shape index (κ3) is 3.12. The molecule has 0 aliphatic rings. The second kappa shape index (κ2) is 5.24. The average molecular weight is 267 g/mol. The zero-order chi connectivity index (χ0) is 13.0. The highest BCUT2D eigenvalue weighted by molar-refractivity contribution is 7.89. The van der Waals surface area contributed by atoms with E-state index in [1.807, 2.05) is 0 Å². The van der Waals surface area contributed by atoms with Gasteiger partial charge >= 0.3 is 0 Å². The smallest absolute Gasteiger partial charge is 0.240 e. The summed E-state index contributed by atoms with van der Waals surface area (Å²) in [5.74, 6) is 0.637. The van der Waals surface area contributed by atoms with E-state index in [1.54, 1.807) is 18.4 Å². The van der Waals surface area contributed by atoms with Gasteiger partial charge in [0, 0.05) is 13.0 Å². The Bertz CT molecular complexity index is 605. The van der Waals surface area contributed by atoms with Crippen molar-refractivity contribution in [3.63, 3.8) is 0 Å². The van der Waals surface area contributed by atoms with Crippen molar-refractivity contribution in [3.05, 3.63) is 48.4 Å². The summed E-state index contributed by atoms with van der Waals surface area (Å²) in [7, 11) is -3.59. The van der Waals surface area contributed by atoms with Gasteiger partial charge in [0.1, 0.15) is 11.5 Å². The van der Waals surface area contributed by atoms with Crippen LogP contribution in [0.1, 0.15) is 5.76 Å². The molecule has 0 bridgehead atoms. The first-order valence-corrected chi connectivity index (χ1v) is 6.87. The molecule has 2 aromatic rings. The van der Waals surface area contributed by atoms with E-state index in [1.165, 1.54) is 24.3 Å². The number of benzene rings is 1. The van der Waals surface area contributed by atoms with Crippen LogP contribution < -0.4 is 4.72 Å². The fraction of sp³-hybridized carbons (Fsp3) is 0.167. The maximum Gasteiger partial charge on any atom is 0.240 e. The summed E-state index contributed by atoms with van der Waals surface area (Å²) in [6.45, 7) is 0.242. The highest BCUT2D eigenvalue weighted by atomic mass is 32.2. The molecule has 0 unspecified atom stereocenters. The topological polar surface area (TPSA) is 79.5 Å². The van der Waals surface area contributed by atoms with Gasteiger partial charge in [0.15, 0.2) is 0 Å². The molecule has 18 heavy (non-hydrogen) atoms. The van der Waals surface area contributed by atoms with Crippen molar-refractivity contribution >= 4 is 10.0 Å². The molecule has 0 aliphatic carbocycles. The van der Waals surface area contributed by atoms with E-state index >= 15 is 0 Å². The minimum absolute atomic E-state index is 0.0435. The van der Waals surface area contributed by atoms with E-state index in [2.05, 4.69) is 4.72 Å². The molecule has 1 aromatic heterocycles. The zero-order valence-electron chi connectivity index (χ0n) is 9.54. The van der Waals surface area contributed by atoms with Crippen LogP contribution in [0.25, 0.3) is 0 Å². The molecular formula is C12H13NO4S. The SMILES string of the molecule is O=S(=O)(NCCc1ccco1)c1cccc(O)c1. The molecule has 0 saturated carbocycles. The predicted molar refractivity (Wildman–Crippen MR) is 65.7 cm³/mol. The molecule has 0 spiro atoms. The van der Waals surface area contributed by atoms with Gasteiger partial charge in [-0.3, -0.25) is 0 Å². The van der Waals surface area contributed by atoms with E-state index in [4.69, 9.17) is 4.42 Å². The second-order valence-corrected chi connectivity index (χ2v) is 5.49. The summed E-state index contributed by atoms with van der Waals surface area (Å²) in [5.41, 5.74) is 0. The predicted octanol–water partition coefficient (Wildman–Crippen LogP) is 1.51. The molecule has 2 N–H and O–H groups in total. The van der Waals surface area contributed by atoms with Crippen LogP contribution in [0.2, 0.25) is 0 Å². The fourth-order valence-corrected chi connectivity index (χ4v) is 2.57. The molecule has 96 valence electrons. The van der Waals surface area contributed by atoms with E-state index in [0.29, 0.717) is 12.2 Å². The number of hydrogen-bond acceptors (Lipinski definition) is 4. The lowest BCUT2D eigenvalue weighted by atomic mass is 10.3. The molecule has 0 fully saturated rings. The summed E-state index contributed by atoms with van der Waals surface area (Å²) < 4.78 is 31.3. The molecule has 0 atom stereocenters. The molecular weight excluding hydrogens is 254 g/mol. The quantitative estimate of drug-likeness (QED) is 0.860. The minimum atomic E-state index is -3.59. The van der Waals surface area contributed by atoms with Gasteiger partial charge in [-0.2, -0.15) is 0 Å². The molecule has 0 amide bonds. The maximum atomic E-state index is 11.9. The monoisotopic (exact) mass is 267 g/mol. The van der Waals surface area contributed by atoms with Crippen LogP contribution in [-0.2, 0) is 16.4 Å². The van der Waals surface area contributed by atoms with Gasteiger partial charge in [-0.05, 0) is 30.3 Å². The Morgan fingerprint density at radius 1 is 1.22 bits per heavy atom. The summed E-state index contributed by atoms with van der Waals surface area (Å²) >= 11 is 0. The van der Waals surface area contributed by atoms with E-state index in [-0.39, 0.29) is 17.2 Å². The Morgan fingerprint density at radius 2 is 2.06 bits per heavy atom. The molecule has 0 radical (unpaired) electrons. The number of sulfonamides is 1. The van der Waals surface area contributed by atoms with Crippen LogP contribution in [0.4, 0.5) is 0 Å². The van der Waals surface area contributed by atoms with Crippen molar-refractivity contribution in [3.8, 4) is 5.75 Å². The Labute approximate surface area is 105 Å². The Hall–Kier alpha value is -1.79.